The Labute approximate surface area is 216 Å². The standard InChI is InChI=1S/C25H37ClN6O4/c1-16(14-34-2)30-17-3-5-18(6-4-17)31-22-11-19(20(26)12-28-22)21-13-29-23(33)24(32-21)36-15-25(27)7-9-35-10-8-25/h11-13,16-18,30H,3-10,14-15,27H2,1-2H3,(H,28,31)(H,29,33)/t16-,17-,18-/m1/s1. The molecule has 3 heterocycles. The fourth-order valence-electron chi connectivity index (χ4n) is 4.79. The maximum absolute atomic E-state index is 12.3. The molecule has 36 heavy (non-hydrogen) atoms. The van der Waals surface area contributed by atoms with Crippen molar-refractivity contribution in [2.24, 2.45) is 5.73 Å². The molecular weight excluding hydrogens is 484 g/mol. The van der Waals surface area contributed by atoms with E-state index in [2.05, 4.69) is 32.5 Å². The zero-order valence-corrected chi connectivity index (χ0v) is 21.8. The number of nitrogens with zero attached hydrogens (tertiary/aromatic N) is 2. The predicted molar refractivity (Wildman–Crippen MR) is 140 cm³/mol. The number of aromatic amines is 1. The first-order chi connectivity index (χ1) is 17.3. The fourth-order valence-corrected chi connectivity index (χ4v) is 4.99. The van der Waals surface area contributed by atoms with Gasteiger partial charge in [-0.15, -0.1) is 0 Å². The van der Waals surface area contributed by atoms with Crippen molar-refractivity contribution in [3.63, 3.8) is 0 Å². The molecule has 0 aromatic carbocycles. The summed E-state index contributed by atoms with van der Waals surface area (Å²) in [6.45, 7) is 4.21. The quantitative estimate of drug-likeness (QED) is 0.372. The van der Waals surface area contributed by atoms with Crippen LogP contribution in [0.3, 0.4) is 0 Å². The molecule has 198 valence electrons. The number of rotatable bonds is 10. The second kappa shape index (κ2) is 12.3. The molecule has 1 saturated heterocycles. The van der Waals surface area contributed by atoms with Crippen molar-refractivity contribution < 1.29 is 14.2 Å². The number of H-pyrrole nitrogens is 1. The number of methoxy groups -OCH3 is 1. The van der Waals surface area contributed by atoms with E-state index in [1.165, 1.54) is 6.20 Å². The van der Waals surface area contributed by atoms with Crippen molar-refractivity contribution in [2.75, 3.05) is 38.9 Å². The molecule has 0 amide bonds. The number of hydrogen-bond donors (Lipinski definition) is 4. The van der Waals surface area contributed by atoms with E-state index >= 15 is 0 Å². The summed E-state index contributed by atoms with van der Waals surface area (Å²) < 4.78 is 16.4. The van der Waals surface area contributed by atoms with Gasteiger partial charge in [0.25, 0.3) is 5.88 Å². The molecule has 1 atom stereocenters. The summed E-state index contributed by atoms with van der Waals surface area (Å²) in [5, 5.41) is 7.61. The average Bonchev–Trinajstić information content (AvgIpc) is 2.87. The molecule has 2 aliphatic rings. The Balaban J connectivity index is 1.40. The second-order valence-corrected chi connectivity index (χ2v) is 10.4. The van der Waals surface area contributed by atoms with E-state index in [4.69, 9.17) is 31.5 Å². The lowest BCUT2D eigenvalue weighted by Gasteiger charge is -2.32. The van der Waals surface area contributed by atoms with Crippen LogP contribution in [0.25, 0.3) is 11.3 Å². The van der Waals surface area contributed by atoms with E-state index in [-0.39, 0.29) is 12.5 Å². The van der Waals surface area contributed by atoms with Gasteiger partial charge in [0.15, 0.2) is 0 Å². The molecule has 2 aromatic heterocycles. The summed E-state index contributed by atoms with van der Waals surface area (Å²) in [6.07, 6.45) is 8.72. The largest absolute Gasteiger partial charge is 0.472 e. The lowest BCUT2D eigenvalue weighted by atomic mass is 9.90. The third-order valence-corrected chi connectivity index (χ3v) is 7.19. The highest BCUT2D eigenvalue weighted by molar-refractivity contribution is 6.33. The van der Waals surface area contributed by atoms with Crippen molar-refractivity contribution in [3.8, 4) is 17.1 Å². The number of aromatic nitrogens is 3. The Morgan fingerprint density at radius 2 is 2.00 bits per heavy atom. The van der Waals surface area contributed by atoms with Crippen molar-refractivity contribution >= 4 is 17.4 Å². The van der Waals surface area contributed by atoms with Crippen molar-refractivity contribution in [3.05, 3.63) is 33.8 Å². The normalized spacial score (nSPS) is 22.7. The molecule has 2 aromatic rings. The number of ether oxygens (including phenoxy) is 3. The number of hydrogen-bond acceptors (Lipinski definition) is 9. The zero-order valence-electron chi connectivity index (χ0n) is 21.0. The Hall–Kier alpha value is -2.24. The van der Waals surface area contributed by atoms with Crippen LogP contribution in [0.15, 0.2) is 23.3 Å². The maximum atomic E-state index is 12.3. The van der Waals surface area contributed by atoms with E-state index < -0.39 is 11.1 Å². The third-order valence-electron chi connectivity index (χ3n) is 6.89. The van der Waals surface area contributed by atoms with Gasteiger partial charge in [-0.25, -0.2) is 9.97 Å². The molecule has 0 bridgehead atoms. The smallest absolute Gasteiger partial charge is 0.310 e. The summed E-state index contributed by atoms with van der Waals surface area (Å²) in [5.74, 6) is 0.692. The van der Waals surface area contributed by atoms with Gasteiger partial charge in [-0.05, 0) is 51.5 Å². The highest BCUT2D eigenvalue weighted by Crippen LogP contribution is 2.30. The lowest BCUT2D eigenvalue weighted by Crippen LogP contribution is -2.50. The first-order valence-electron chi connectivity index (χ1n) is 12.6. The van der Waals surface area contributed by atoms with Gasteiger partial charge in [0, 0.05) is 56.4 Å². The van der Waals surface area contributed by atoms with E-state index in [0.717, 1.165) is 31.5 Å². The minimum absolute atomic E-state index is 0.0280. The van der Waals surface area contributed by atoms with Crippen molar-refractivity contribution in [1.82, 2.24) is 20.3 Å². The molecule has 11 heteroatoms. The minimum Gasteiger partial charge on any atom is -0.472 e. The maximum Gasteiger partial charge on any atom is 0.310 e. The summed E-state index contributed by atoms with van der Waals surface area (Å²) in [4.78, 5) is 24.0. The summed E-state index contributed by atoms with van der Waals surface area (Å²) in [5.41, 5.74) is 6.60. The molecule has 1 aliphatic heterocycles. The molecular formula is C25H37ClN6O4. The third kappa shape index (κ3) is 7.17. The van der Waals surface area contributed by atoms with Gasteiger partial charge in [0.2, 0.25) is 0 Å². The highest BCUT2D eigenvalue weighted by Gasteiger charge is 2.29. The summed E-state index contributed by atoms with van der Waals surface area (Å²) in [7, 11) is 1.73. The van der Waals surface area contributed by atoms with Crippen LogP contribution in [0, 0.1) is 0 Å². The van der Waals surface area contributed by atoms with Gasteiger partial charge in [-0.2, -0.15) is 0 Å². The van der Waals surface area contributed by atoms with Crippen LogP contribution >= 0.6 is 11.6 Å². The van der Waals surface area contributed by atoms with E-state index in [1.807, 2.05) is 6.07 Å². The number of halogens is 1. The topological polar surface area (TPSA) is 136 Å². The average molecular weight is 521 g/mol. The summed E-state index contributed by atoms with van der Waals surface area (Å²) in [6, 6.07) is 3.03. The molecule has 0 spiro atoms. The number of pyridine rings is 1. The number of nitrogens with one attached hydrogen (secondary N) is 3. The predicted octanol–water partition coefficient (Wildman–Crippen LogP) is 2.72. The van der Waals surface area contributed by atoms with Crippen molar-refractivity contribution in [1.29, 1.82) is 0 Å². The molecule has 1 aliphatic carbocycles. The number of anilines is 1. The Kier molecular flexibility index (Phi) is 9.19. The van der Waals surface area contributed by atoms with E-state index in [1.54, 1.807) is 13.3 Å². The first-order valence-corrected chi connectivity index (χ1v) is 13.0. The second-order valence-electron chi connectivity index (χ2n) is 9.95. The molecule has 1 saturated carbocycles. The van der Waals surface area contributed by atoms with Gasteiger partial charge in [-0.1, -0.05) is 11.6 Å². The van der Waals surface area contributed by atoms with Gasteiger partial charge in [-0.3, -0.25) is 4.79 Å². The van der Waals surface area contributed by atoms with Crippen LogP contribution in [-0.4, -0.2) is 72.2 Å². The SMILES string of the molecule is COC[C@@H](C)N[C@H]1CC[C@H](Nc2cc(-c3c[nH]c(=O)c(OCC4(N)CCOCC4)n3)c(Cl)cn2)CC1. The highest BCUT2D eigenvalue weighted by atomic mass is 35.5. The van der Waals surface area contributed by atoms with E-state index in [0.29, 0.717) is 67.1 Å². The van der Waals surface area contributed by atoms with Gasteiger partial charge in [0.05, 0.1) is 22.9 Å². The van der Waals surface area contributed by atoms with Crippen LogP contribution in [0.1, 0.15) is 45.4 Å². The summed E-state index contributed by atoms with van der Waals surface area (Å²) >= 11 is 6.46. The van der Waals surface area contributed by atoms with Crippen LogP contribution in [0.5, 0.6) is 5.88 Å². The van der Waals surface area contributed by atoms with Gasteiger partial charge in [0.1, 0.15) is 12.4 Å². The van der Waals surface area contributed by atoms with Crippen LogP contribution in [0.2, 0.25) is 5.02 Å². The van der Waals surface area contributed by atoms with E-state index in [9.17, 15) is 4.79 Å². The molecule has 4 rings (SSSR count). The van der Waals surface area contributed by atoms with Crippen LogP contribution in [-0.2, 0) is 9.47 Å². The number of nitrogens with two attached hydrogens (primary N) is 1. The Bertz CT molecular complexity index is 1050. The molecule has 0 unspecified atom stereocenters. The van der Waals surface area contributed by atoms with Gasteiger partial charge >= 0.3 is 5.56 Å². The minimum atomic E-state index is -0.538. The molecule has 0 radical (unpaired) electrons. The molecule has 2 fully saturated rings. The Morgan fingerprint density at radius 1 is 1.28 bits per heavy atom. The van der Waals surface area contributed by atoms with Crippen LogP contribution < -0.4 is 26.7 Å². The van der Waals surface area contributed by atoms with Gasteiger partial charge < -0.3 is 35.6 Å². The molecule has 10 nitrogen and oxygen atoms in total. The Morgan fingerprint density at radius 3 is 2.72 bits per heavy atom. The monoisotopic (exact) mass is 520 g/mol. The lowest BCUT2D eigenvalue weighted by molar-refractivity contribution is 0.0333. The van der Waals surface area contributed by atoms with Crippen LogP contribution in [0.4, 0.5) is 5.82 Å². The van der Waals surface area contributed by atoms with Crippen molar-refractivity contribution in [2.45, 2.75) is 69.1 Å². The zero-order chi connectivity index (χ0) is 25.5. The molecule has 5 N–H and O–H groups in total. The first kappa shape index (κ1) is 26.8. The fraction of sp³-hybridized carbons (Fsp3) is 0.640.